The average Bonchev–Trinajstić information content (AvgIpc) is 2.67. The lowest BCUT2D eigenvalue weighted by Gasteiger charge is -2.34. The Labute approximate surface area is 162 Å². The van der Waals surface area contributed by atoms with Gasteiger partial charge in [0.1, 0.15) is 0 Å². The largest absolute Gasteiger partial charge is 0.381 e. The molecule has 1 saturated heterocycles. The fraction of sp³-hybridized carbons (Fsp3) is 0.632. The van der Waals surface area contributed by atoms with Gasteiger partial charge in [-0.25, -0.2) is 0 Å². The molecule has 26 heavy (non-hydrogen) atoms. The van der Waals surface area contributed by atoms with Crippen molar-refractivity contribution in [1.82, 2.24) is 5.32 Å². The number of nitrogens with two attached hydrogens (primary N) is 1. The van der Waals surface area contributed by atoms with Crippen LogP contribution >= 0.6 is 12.4 Å². The molecule has 148 valence electrons. The summed E-state index contributed by atoms with van der Waals surface area (Å²) in [5, 5.41) is 3.04. The molecular formula is C19H31ClN2O4. The second-order valence-electron chi connectivity index (χ2n) is 6.35. The van der Waals surface area contributed by atoms with E-state index in [9.17, 15) is 4.79 Å². The summed E-state index contributed by atoms with van der Waals surface area (Å²) >= 11 is 0. The monoisotopic (exact) mass is 386 g/mol. The van der Waals surface area contributed by atoms with E-state index in [1.165, 1.54) is 0 Å². The smallest absolute Gasteiger partial charge is 0.227 e. The van der Waals surface area contributed by atoms with Crippen molar-refractivity contribution in [3.63, 3.8) is 0 Å². The van der Waals surface area contributed by atoms with Crippen LogP contribution in [0.15, 0.2) is 24.3 Å². The first-order valence-corrected chi connectivity index (χ1v) is 8.99. The molecule has 1 aromatic carbocycles. The van der Waals surface area contributed by atoms with E-state index in [0.29, 0.717) is 65.6 Å². The highest BCUT2D eigenvalue weighted by Gasteiger charge is 2.38. The van der Waals surface area contributed by atoms with Gasteiger partial charge in [-0.2, -0.15) is 0 Å². The first-order valence-electron chi connectivity index (χ1n) is 8.99. The quantitative estimate of drug-likeness (QED) is 0.601. The number of ether oxygens (including phenoxy) is 3. The third-order valence-corrected chi connectivity index (χ3v) is 4.61. The normalized spacial score (nSPS) is 15.9. The molecule has 0 bridgehead atoms. The van der Waals surface area contributed by atoms with Gasteiger partial charge in [0.05, 0.1) is 25.2 Å². The van der Waals surface area contributed by atoms with E-state index in [0.717, 1.165) is 11.1 Å². The van der Waals surface area contributed by atoms with Crippen LogP contribution in [0.5, 0.6) is 0 Å². The van der Waals surface area contributed by atoms with E-state index in [2.05, 4.69) is 11.4 Å². The van der Waals surface area contributed by atoms with Gasteiger partial charge in [0, 0.05) is 32.9 Å². The zero-order chi connectivity index (χ0) is 18.0. The Balaban J connectivity index is 0.00000338. The molecule has 6 nitrogen and oxygen atoms in total. The third-order valence-electron chi connectivity index (χ3n) is 4.61. The van der Waals surface area contributed by atoms with Crippen LogP contribution in [0.2, 0.25) is 0 Å². The Morgan fingerprint density at radius 2 is 1.92 bits per heavy atom. The van der Waals surface area contributed by atoms with Crippen molar-refractivity contribution < 1.29 is 19.0 Å². The molecule has 3 N–H and O–H groups in total. The Morgan fingerprint density at radius 3 is 2.62 bits per heavy atom. The summed E-state index contributed by atoms with van der Waals surface area (Å²) in [5.41, 5.74) is 7.53. The van der Waals surface area contributed by atoms with E-state index in [1.807, 2.05) is 25.1 Å². The van der Waals surface area contributed by atoms with E-state index in [1.54, 1.807) is 0 Å². The van der Waals surface area contributed by atoms with Crippen LogP contribution in [0, 0.1) is 5.41 Å². The molecule has 2 rings (SSSR count). The molecule has 0 spiro atoms. The van der Waals surface area contributed by atoms with E-state index >= 15 is 0 Å². The van der Waals surface area contributed by atoms with Gasteiger partial charge in [-0.1, -0.05) is 24.3 Å². The highest BCUT2D eigenvalue weighted by molar-refractivity contribution is 5.85. The minimum atomic E-state index is -0.488. The second kappa shape index (κ2) is 12.3. The van der Waals surface area contributed by atoms with Crippen LogP contribution in [-0.4, -0.2) is 45.5 Å². The first-order chi connectivity index (χ1) is 12.2. The molecule has 1 amide bonds. The molecule has 1 heterocycles. The van der Waals surface area contributed by atoms with Gasteiger partial charge in [-0.3, -0.25) is 4.79 Å². The Kier molecular flexibility index (Phi) is 10.8. The minimum Gasteiger partial charge on any atom is -0.381 e. The number of halogens is 1. The van der Waals surface area contributed by atoms with Crippen molar-refractivity contribution in [2.75, 3.05) is 39.6 Å². The molecule has 7 heteroatoms. The number of carbonyl (C=O) groups excluding carboxylic acids is 1. The summed E-state index contributed by atoms with van der Waals surface area (Å²) in [6, 6.07) is 8.06. The van der Waals surface area contributed by atoms with Gasteiger partial charge in [0.2, 0.25) is 5.91 Å². The molecule has 1 aromatic rings. The number of amides is 1. The van der Waals surface area contributed by atoms with E-state index < -0.39 is 5.41 Å². The van der Waals surface area contributed by atoms with Gasteiger partial charge < -0.3 is 25.3 Å². The predicted octanol–water partition coefficient (Wildman–Crippen LogP) is 2.03. The molecule has 1 fully saturated rings. The predicted molar refractivity (Wildman–Crippen MR) is 103 cm³/mol. The van der Waals surface area contributed by atoms with Crippen LogP contribution in [-0.2, 0) is 32.2 Å². The van der Waals surface area contributed by atoms with Crippen molar-refractivity contribution >= 4 is 18.3 Å². The van der Waals surface area contributed by atoms with Gasteiger partial charge in [0.15, 0.2) is 0 Å². The standard InChI is InChI=1S/C19H30N2O4.ClH/c1-2-23-10-11-25-14-17-5-3-4-16(12-17)13-21-18(22)19(15-20)6-8-24-9-7-19;/h3-5,12H,2,6-11,13-15,20H2,1H3,(H,21,22);1H. The SMILES string of the molecule is CCOCCOCc1cccc(CNC(=O)C2(CN)CCOCC2)c1.Cl. The molecular weight excluding hydrogens is 356 g/mol. The van der Waals surface area contributed by atoms with Crippen LogP contribution < -0.4 is 11.1 Å². The lowest BCUT2D eigenvalue weighted by molar-refractivity contribution is -0.136. The highest BCUT2D eigenvalue weighted by atomic mass is 35.5. The molecule has 0 unspecified atom stereocenters. The summed E-state index contributed by atoms with van der Waals surface area (Å²) in [7, 11) is 0. The third kappa shape index (κ3) is 6.85. The molecule has 0 atom stereocenters. The lowest BCUT2D eigenvalue weighted by Crippen LogP contribution is -2.48. The number of hydrogen-bond donors (Lipinski definition) is 2. The number of nitrogens with one attached hydrogen (secondary N) is 1. The molecule has 0 aromatic heterocycles. The van der Waals surface area contributed by atoms with Crippen molar-refractivity contribution in [2.45, 2.75) is 32.9 Å². The van der Waals surface area contributed by atoms with Crippen LogP contribution in [0.4, 0.5) is 0 Å². The van der Waals surface area contributed by atoms with Crippen molar-refractivity contribution in [2.24, 2.45) is 11.1 Å². The number of benzene rings is 1. The van der Waals surface area contributed by atoms with Gasteiger partial charge in [0.25, 0.3) is 0 Å². The maximum Gasteiger partial charge on any atom is 0.227 e. The summed E-state index contributed by atoms with van der Waals surface area (Å²) in [4.78, 5) is 12.6. The fourth-order valence-corrected chi connectivity index (χ4v) is 2.94. The minimum absolute atomic E-state index is 0. The topological polar surface area (TPSA) is 82.8 Å². The van der Waals surface area contributed by atoms with Crippen molar-refractivity contribution in [3.8, 4) is 0 Å². The summed E-state index contributed by atoms with van der Waals surface area (Å²) in [6.45, 7) is 6.44. The summed E-state index contributed by atoms with van der Waals surface area (Å²) in [6.07, 6.45) is 1.37. The second-order valence-corrected chi connectivity index (χ2v) is 6.35. The van der Waals surface area contributed by atoms with Gasteiger partial charge >= 0.3 is 0 Å². The summed E-state index contributed by atoms with van der Waals surface area (Å²) < 4.78 is 16.2. The number of carbonyl (C=O) groups is 1. The first kappa shape index (κ1) is 22.9. The summed E-state index contributed by atoms with van der Waals surface area (Å²) in [5.74, 6) is 0.0247. The lowest BCUT2D eigenvalue weighted by atomic mass is 9.79. The molecule has 0 radical (unpaired) electrons. The van der Waals surface area contributed by atoms with E-state index in [4.69, 9.17) is 19.9 Å². The highest BCUT2D eigenvalue weighted by Crippen LogP contribution is 2.29. The zero-order valence-corrected chi connectivity index (χ0v) is 16.3. The Morgan fingerprint density at radius 1 is 1.23 bits per heavy atom. The maximum atomic E-state index is 12.6. The zero-order valence-electron chi connectivity index (χ0n) is 15.5. The Hall–Kier alpha value is -1.18. The molecule has 1 aliphatic rings. The molecule has 0 saturated carbocycles. The van der Waals surface area contributed by atoms with Crippen molar-refractivity contribution in [1.29, 1.82) is 0 Å². The van der Waals surface area contributed by atoms with E-state index in [-0.39, 0.29) is 18.3 Å². The van der Waals surface area contributed by atoms with Crippen LogP contribution in [0.1, 0.15) is 30.9 Å². The molecule has 1 aliphatic heterocycles. The van der Waals surface area contributed by atoms with Gasteiger partial charge in [-0.05, 0) is 30.9 Å². The van der Waals surface area contributed by atoms with Crippen LogP contribution in [0.3, 0.4) is 0 Å². The van der Waals surface area contributed by atoms with Crippen LogP contribution in [0.25, 0.3) is 0 Å². The molecule has 0 aliphatic carbocycles. The maximum absolute atomic E-state index is 12.6. The fourth-order valence-electron chi connectivity index (χ4n) is 2.94. The van der Waals surface area contributed by atoms with Gasteiger partial charge in [-0.15, -0.1) is 12.4 Å². The number of rotatable bonds is 10. The Bertz CT molecular complexity index is 536. The van der Waals surface area contributed by atoms with Crippen molar-refractivity contribution in [3.05, 3.63) is 35.4 Å². The average molecular weight is 387 g/mol. The number of hydrogen-bond acceptors (Lipinski definition) is 5.